The molecule has 0 saturated carbocycles. The van der Waals surface area contributed by atoms with Gasteiger partial charge in [0.15, 0.2) is 6.61 Å². The second-order valence-electron chi connectivity index (χ2n) is 6.17. The van der Waals surface area contributed by atoms with Crippen LogP contribution in [0.5, 0.6) is 17.2 Å². The molecule has 0 bridgehead atoms. The van der Waals surface area contributed by atoms with E-state index in [2.05, 4.69) is 5.32 Å². The lowest BCUT2D eigenvalue weighted by Crippen LogP contribution is -2.27. The molecule has 0 aliphatic heterocycles. The molecule has 8 heteroatoms. The normalized spacial score (nSPS) is 10.5. The van der Waals surface area contributed by atoms with Crippen molar-refractivity contribution in [2.75, 3.05) is 19.8 Å². The molecule has 0 saturated heterocycles. The van der Waals surface area contributed by atoms with E-state index >= 15 is 0 Å². The standard InChI is InChI=1S/C22H21NO7/c1-3-23-21(25)18-11-14-5-6-17(12-19(14)30-22(18)26)29-20(24)13-28-16-9-7-15(8-10-16)27-4-2/h5-12H,3-4,13H2,1-2H3,(H,23,25). The number of carbonyl (C=O) groups is 2. The van der Waals surface area contributed by atoms with Crippen molar-refractivity contribution >= 4 is 22.8 Å². The van der Waals surface area contributed by atoms with Crippen molar-refractivity contribution in [1.29, 1.82) is 0 Å². The SMILES string of the molecule is CCNC(=O)c1cc2ccc(OC(=O)COc3ccc(OCC)cc3)cc2oc1=O. The summed E-state index contributed by atoms with van der Waals surface area (Å²) in [7, 11) is 0. The van der Waals surface area contributed by atoms with Crippen LogP contribution in [-0.4, -0.2) is 31.6 Å². The minimum atomic E-state index is -0.768. The van der Waals surface area contributed by atoms with Gasteiger partial charge in [0.2, 0.25) is 0 Å². The summed E-state index contributed by atoms with van der Waals surface area (Å²) in [5.74, 6) is 0.273. The fourth-order valence-electron chi connectivity index (χ4n) is 2.67. The largest absolute Gasteiger partial charge is 0.494 e. The maximum Gasteiger partial charge on any atom is 0.349 e. The number of fused-ring (bicyclic) bond motifs is 1. The minimum absolute atomic E-state index is 0.0853. The Kier molecular flexibility index (Phi) is 6.69. The zero-order valence-corrected chi connectivity index (χ0v) is 16.6. The van der Waals surface area contributed by atoms with Crippen molar-refractivity contribution in [3.63, 3.8) is 0 Å². The first-order valence-corrected chi connectivity index (χ1v) is 9.42. The first-order valence-electron chi connectivity index (χ1n) is 9.42. The zero-order chi connectivity index (χ0) is 21.5. The summed E-state index contributed by atoms with van der Waals surface area (Å²) in [6.45, 7) is 4.29. The van der Waals surface area contributed by atoms with Crippen LogP contribution in [0.25, 0.3) is 11.0 Å². The fourth-order valence-corrected chi connectivity index (χ4v) is 2.67. The number of nitrogens with one attached hydrogen (secondary N) is 1. The summed E-state index contributed by atoms with van der Waals surface area (Å²) in [5.41, 5.74) is -0.653. The average Bonchev–Trinajstić information content (AvgIpc) is 2.73. The van der Waals surface area contributed by atoms with Gasteiger partial charge in [-0.25, -0.2) is 9.59 Å². The van der Waals surface area contributed by atoms with E-state index in [0.29, 0.717) is 30.0 Å². The molecule has 0 aliphatic carbocycles. The van der Waals surface area contributed by atoms with Crippen LogP contribution in [-0.2, 0) is 4.79 Å². The molecule has 30 heavy (non-hydrogen) atoms. The lowest BCUT2D eigenvalue weighted by Gasteiger charge is -2.08. The Bertz CT molecular complexity index is 1100. The third kappa shape index (κ3) is 5.16. The van der Waals surface area contributed by atoms with Crippen molar-refractivity contribution in [1.82, 2.24) is 5.32 Å². The van der Waals surface area contributed by atoms with E-state index in [1.807, 2.05) is 6.92 Å². The maximum atomic E-state index is 12.1. The van der Waals surface area contributed by atoms with Gasteiger partial charge < -0.3 is 23.9 Å². The van der Waals surface area contributed by atoms with Crippen LogP contribution in [0, 0.1) is 0 Å². The Labute approximate surface area is 172 Å². The van der Waals surface area contributed by atoms with Crippen molar-refractivity contribution < 1.29 is 28.2 Å². The van der Waals surface area contributed by atoms with Crippen molar-refractivity contribution in [3.05, 3.63) is 64.5 Å². The van der Waals surface area contributed by atoms with Gasteiger partial charge in [-0.05, 0) is 56.3 Å². The third-order valence-electron chi connectivity index (χ3n) is 4.01. The molecular formula is C22H21NO7. The Morgan fingerprint density at radius 3 is 2.27 bits per heavy atom. The van der Waals surface area contributed by atoms with Gasteiger partial charge in [0.1, 0.15) is 28.4 Å². The van der Waals surface area contributed by atoms with Crippen LogP contribution in [0.2, 0.25) is 0 Å². The summed E-state index contributed by atoms with van der Waals surface area (Å²) >= 11 is 0. The lowest BCUT2D eigenvalue weighted by molar-refractivity contribution is -0.136. The molecule has 0 fully saturated rings. The second kappa shape index (κ2) is 9.60. The van der Waals surface area contributed by atoms with Crippen LogP contribution in [0.3, 0.4) is 0 Å². The van der Waals surface area contributed by atoms with Gasteiger partial charge in [0.25, 0.3) is 5.91 Å². The first kappa shape index (κ1) is 20.9. The maximum absolute atomic E-state index is 12.1. The van der Waals surface area contributed by atoms with Gasteiger partial charge in [-0.1, -0.05) is 0 Å². The summed E-state index contributed by atoms with van der Waals surface area (Å²) in [5, 5.41) is 3.08. The highest BCUT2D eigenvalue weighted by Crippen LogP contribution is 2.21. The predicted octanol–water partition coefficient (Wildman–Crippen LogP) is 2.93. The number of rotatable bonds is 8. The monoisotopic (exact) mass is 411 g/mol. The van der Waals surface area contributed by atoms with E-state index in [9.17, 15) is 14.4 Å². The number of ether oxygens (including phenoxy) is 3. The van der Waals surface area contributed by atoms with E-state index in [4.69, 9.17) is 18.6 Å². The van der Waals surface area contributed by atoms with Crippen molar-refractivity contribution in [2.45, 2.75) is 13.8 Å². The highest BCUT2D eigenvalue weighted by atomic mass is 16.6. The van der Waals surface area contributed by atoms with Crippen LogP contribution < -0.4 is 25.2 Å². The number of hydrogen-bond acceptors (Lipinski definition) is 7. The fraction of sp³-hybridized carbons (Fsp3) is 0.227. The minimum Gasteiger partial charge on any atom is -0.494 e. The van der Waals surface area contributed by atoms with Crippen LogP contribution in [0.4, 0.5) is 0 Å². The van der Waals surface area contributed by atoms with Gasteiger partial charge in [-0.3, -0.25) is 4.79 Å². The molecule has 0 aliphatic rings. The highest BCUT2D eigenvalue weighted by molar-refractivity contribution is 5.96. The summed E-state index contributed by atoms with van der Waals surface area (Å²) in [6.07, 6.45) is 0. The van der Waals surface area contributed by atoms with Gasteiger partial charge in [0, 0.05) is 18.0 Å². The number of carbonyl (C=O) groups excluding carboxylic acids is 2. The van der Waals surface area contributed by atoms with Crippen molar-refractivity contribution in [2.24, 2.45) is 0 Å². The molecule has 8 nitrogen and oxygen atoms in total. The predicted molar refractivity (Wildman–Crippen MR) is 109 cm³/mol. The van der Waals surface area contributed by atoms with Crippen LogP contribution >= 0.6 is 0 Å². The molecule has 1 amide bonds. The molecule has 0 spiro atoms. The highest BCUT2D eigenvalue weighted by Gasteiger charge is 2.14. The van der Waals surface area contributed by atoms with Crippen LogP contribution in [0.15, 0.2) is 57.7 Å². The number of esters is 1. The molecular weight excluding hydrogens is 390 g/mol. The Morgan fingerprint density at radius 2 is 1.60 bits per heavy atom. The molecule has 0 radical (unpaired) electrons. The Morgan fingerprint density at radius 1 is 0.933 bits per heavy atom. The molecule has 3 aromatic rings. The number of benzene rings is 2. The topological polar surface area (TPSA) is 104 Å². The van der Waals surface area contributed by atoms with E-state index in [-0.39, 0.29) is 23.5 Å². The Hall–Kier alpha value is -3.81. The Balaban J connectivity index is 1.65. The van der Waals surface area contributed by atoms with E-state index in [0.717, 1.165) is 0 Å². The molecule has 1 N–H and O–H groups in total. The third-order valence-corrected chi connectivity index (χ3v) is 4.01. The summed E-state index contributed by atoms with van der Waals surface area (Å²) in [4.78, 5) is 36.0. The quantitative estimate of drug-likeness (QED) is 0.345. The molecule has 1 aromatic heterocycles. The van der Waals surface area contributed by atoms with E-state index in [1.165, 1.54) is 12.1 Å². The number of hydrogen-bond donors (Lipinski definition) is 1. The average molecular weight is 411 g/mol. The molecule has 0 atom stereocenters. The smallest absolute Gasteiger partial charge is 0.349 e. The van der Waals surface area contributed by atoms with E-state index < -0.39 is 17.5 Å². The van der Waals surface area contributed by atoms with Gasteiger partial charge >= 0.3 is 11.6 Å². The van der Waals surface area contributed by atoms with Crippen molar-refractivity contribution in [3.8, 4) is 17.2 Å². The van der Waals surface area contributed by atoms with Gasteiger partial charge in [-0.2, -0.15) is 0 Å². The first-order chi connectivity index (χ1) is 14.5. The zero-order valence-electron chi connectivity index (χ0n) is 16.6. The molecule has 1 heterocycles. The summed E-state index contributed by atoms with van der Waals surface area (Å²) in [6, 6.07) is 12.8. The summed E-state index contributed by atoms with van der Waals surface area (Å²) < 4.78 is 21.2. The molecule has 156 valence electrons. The van der Waals surface area contributed by atoms with Gasteiger partial charge in [-0.15, -0.1) is 0 Å². The second-order valence-corrected chi connectivity index (χ2v) is 6.17. The van der Waals surface area contributed by atoms with E-state index in [1.54, 1.807) is 43.3 Å². The lowest BCUT2D eigenvalue weighted by atomic mass is 10.1. The molecule has 0 unspecified atom stereocenters. The molecule has 3 rings (SSSR count). The van der Waals surface area contributed by atoms with Crippen LogP contribution in [0.1, 0.15) is 24.2 Å². The number of amides is 1. The van der Waals surface area contributed by atoms with Gasteiger partial charge in [0.05, 0.1) is 6.61 Å². The molecule has 2 aromatic carbocycles.